The van der Waals surface area contributed by atoms with Crippen molar-refractivity contribution in [2.24, 2.45) is 0 Å². The van der Waals surface area contributed by atoms with E-state index in [9.17, 15) is 0 Å². The molecule has 0 saturated heterocycles. The van der Waals surface area contributed by atoms with Crippen LogP contribution in [0.3, 0.4) is 0 Å². The molecule has 0 unspecified atom stereocenters. The summed E-state index contributed by atoms with van der Waals surface area (Å²) in [5.74, 6) is 1.60. The summed E-state index contributed by atoms with van der Waals surface area (Å²) in [5.41, 5.74) is 1.21. The molecule has 0 aliphatic heterocycles. The quantitative estimate of drug-likeness (QED) is 0.582. The molecule has 4 nitrogen and oxygen atoms in total. The first-order valence-corrected chi connectivity index (χ1v) is 7.93. The van der Waals surface area contributed by atoms with Crippen LogP contribution in [0.5, 0.6) is 11.5 Å². The molecule has 0 aliphatic rings. The Hall–Kier alpha value is -1.26. The fraction of sp³-hybridized carbons (Fsp3) is 0.647. The molecule has 0 radical (unpaired) electrons. The Morgan fingerprint density at radius 1 is 1.10 bits per heavy atom. The molecule has 0 amide bonds. The van der Waals surface area contributed by atoms with Crippen LogP contribution in [0.15, 0.2) is 18.2 Å². The smallest absolute Gasteiger partial charge is 0.161 e. The number of nitrogens with one attached hydrogen (secondary N) is 1. The number of benzene rings is 1. The van der Waals surface area contributed by atoms with Gasteiger partial charge in [-0.2, -0.15) is 0 Å². The number of rotatable bonds is 12. The number of hydrogen-bond acceptors (Lipinski definition) is 4. The average Bonchev–Trinajstić information content (AvgIpc) is 2.51. The first-order chi connectivity index (χ1) is 10.3. The molecule has 4 heteroatoms. The first-order valence-electron chi connectivity index (χ1n) is 7.93. The molecule has 1 aromatic rings. The Balaban J connectivity index is 2.43. The van der Waals surface area contributed by atoms with Crippen molar-refractivity contribution in [3.63, 3.8) is 0 Å². The van der Waals surface area contributed by atoms with E-state index in [0.717, 1.165) is 56.7 Å². The van der Waals surface area contributed by atoms with E-state index in [1.807, 2.05) is 6.07 Å². The van der Waals surface area contributed by atoms with Gasteiger partial charge < -0.3 is 19.9 Å². The lowest BCUT2D eigenvalue weighted by atomic mass is 10.2. The van der Waals surface area contributed by atoms with Gasteiger partial charge in [0.15, 0.2) is 11.5 Å². The fourth-order valence-electron chi connectivity index (χ4n) is 2.10. The van der Waals surface area contributed by atoms with Gasteiger partial charge in [-0.25, -0.2) is 0 Å². The van der Waals surface area contributed by atoms with Crippen LogP contribution in [-0.4, -0.2) is 32.0 Å². The number of methoxy groups -OCH3 is 1. The highest BCUT2D eigenvalue weighted by atomic mass is 16.5. The molecule has 0 fully saturated rings. The number of aliphatic hydroxyl groups is 1. The summed E-state index contributed by atoms with van der Waals surface area (Å²) in [6.07, 6.45) is 5.15. The normalized spacial score (nSPS) is 10.6. The summed E-state index contributed by atoms with van der Waals surface area (Å²) >= 11 is 0. The highest BCUT2D eigenvalue weighted by Crippen LogP contribution is 2.28. The lowest BCUT2D eigenvalue weighted by Gasteiger charge is -2.12. The Kier molecular flexibility index (Phi) is 9.66. The van der Waals surface area contributed by atoms with Crippen LogP contribution in [0.1, 0.15) is 44.6 Å². The van der Waals surface area contributed by atoms with Gasteiger partial charge in [0.2, 0.25) is 0 Å². The molecule has 0 saturated carbocycles. The van der Waals surface area contributed by atoms with Crippen LogP contribution >= 0.6 is 0 Å². The summed E-state index contributed by atoms with van der Waals surface area (Å²) in [5, 5.41) is 12.1. The molecule has 0 aliphatic carbocycles. The molecule has 0 aromatic heterocycles. The largest absolute Gasteiger partial charge is 0.493 e. The van der Waals surface area contributed by atoms with Crippen LogP contribution in [0, 0.1) is 0 Å². The Bertz CT molecular complexity index is 382. The summed E-state index contributed by atoms with van der Waals surface area (Å²) in [4.78, 5) is 0. The van der Waals surface area contributed by atoms with Crippen molar-refractivity contribution in [1.29, 1.82) is 0 Å². The highest BCUT2D eigenvalue weighted by molar-refractivity contribution is 5.42. The molecule has 1 rings (SSSR count). The molecule has 21 heavy (non-hydrogen) atoms. The SMILES string of the molecule is CCCNCc1ccc(OC)c(OCCCCCCO)c1. The molecule has 0 heterocycles. The van der Waals surface area contributed by atoms with Crippen molar-refractivity contribution >= 4 is 0 Å². The van der Waals surface area contributed by atoms with E-state index in [0.29, 0.717) is 6.61 Å². The van der Waals surface area contributed by atoms with Gasteiger partial charge in [0.1, 0.15) is 0 Å². The second-order valence-electron chi connectivity index (χ2n) is 5.15. The second-order valence-corrected chi connectivity index (χ2v) is 5.15. The van der Waals surface area contributed by atoms with Crippen LogP contribution in [-0.2, 0) is 6.54 Å². The lowest BCUT2D eigenvalue weighted by molar-refractivity contribution is 0.268. The van der Waals surface area contributed by atoms with Crippen LogP contribution in [0.2, 0.25) is 0 Å². The maximum atomic E-state index is 8.73. The van der Waals surface area contributed by atoms with Gasteiger partial charge in [0.25, 0.3) is 0 Å². The van der Waals surface area contributed by atoms with Crippen molar-refractivity contribution in [2.45, 2.75) is 45.6 Å². The van der Waals surface area contributed by atoms with Crippen molar-refractivity contribution in [2.75, 3.05) is 26.9 Å². The minimum absolute atomic E-state index is 0.279. The van der Waals surface area contributed by atoms with Crippen LogP contribution < -0.4 is 14.8 Å². The van der Waals surface area contributed by atoms with Gasteiger partial charge in [0, 0.05) is 13.2 Å². The Labute approximate surface area is 128 Å². The minimum atomic E-state index is 0.279. The number of aliphatic hydroxyl groups excluding tert-OH is 1. The predicted octanol–water partition coefficient (Wildman–Crippen LogP) is 3.13. The third-order valence-corrected chi connectivity index (χ3v) is 3.29. The summed E-state index contributed by atoms with van der Waals surface area (Å²) in [7, 11) is 1.67. The summed E-state index contributed by atoms with van der Waals surface area (Å²) in [6.45, 7) is 5.00. The third kappa shape index (κ3) is 7.34. The van der Waals surface area contributed by atoms with Crippen molar-refractivity contribution in [1.82, 2.24) is 5.32 Å². The number of unbranched alkanes of at least 4 members (excludes halogenated alkanes) is 3. The topological polar surface area (TPSA) is 50.7 Å². The molecular weight excluding hydrogens is 266 g/mol. The van der Waals surface area contributed by atoms with Gasteiger partial charge in [0.05, 0.1) is 13.7 Å². The Morgan fingerprint density at radius 2 is 1.90 bits per heavy atom. The Morgan fingerprint density at radius 3 is 2.62 bits per heavy atom. The van der Waals surface area contributed by atoms with E-state index in [2.05, 4.69) is 24.4 Å². The van der Waals surface area contributed by atoms with Gasteiger partial charge in [-0.15, -0.1) is 0 Å². The van der Waals surface area contributed by atoms with E-state index >= 15 is 0 Å². The van der Waals surface area contributed by atoms with Crippen LogP contribution in [0.25, 0.3) is 0 Å². The highest BCUT2D eigenvalue weighted by Gasteiger charge is 2.05. The van der Waals surface area contributed by atoms with E-state index in [4.69, 9.17) is 14.6 Å². The van der Waals surface area contributed by atoms with Gasteiger partial charge in [-0.1, -0.05) is 19.4 Å². The lowest BCUT2D eigenvalue weighted by Crippen LogP contribution is -2.13. The molecule has 1 aromatic carbocycles. The van der Waals surface area contributed by atoms with Crippen LogP contribution in [0.4, 0.5) is 0 Å². The van der Waals surface area contributed by atoms with Crippen molar-refractivity contribution in [3.8, 4) is 11.5 Å². The van der Waals surface area contributed by atoms with Gasteiger partial charge in [-0.05, 0) is 49.9 Å². The van der Waals surface area contributed by atoms with Gasteiger partial charge in [-0.3, -0.25) is 0 Å². The standard InChI is InChI=1S/C17H29NO3/c1-3-10-18-14-15-8-9-16(20-2)17(13-15)21-12-7-5-4-6-11-19/h8-9,13,18-19H,3-7,10-12,14H2,1-2H3. The molecule has 0 spiro atoms. The summed E-state index contributed by atoms with van der Waals surface area (Å²) < 4.78 is 11.2. The summed E-state index contributed by atoms with van der Waals surface area (Å²) in [6, 6.07) is 6.08. The second kappa shape index (κ2) is 11.4. The fourth-order valence-corrected chi connectivity index (χ4v) is 2.10. The monoisotopic (exact) mass is 295 g/mol. The molecule has 2 N–H and O–H groups in total. The maximum absolute atomic E-state index is 8.73. The third-order valence-electron chi connectivity index (χ3n) is 3.29. The number of hydrogen-bond donors (Lipinski definition) is 2. The molecular formula is C17H29NO3. The minimum Gasteiger partial charge on any atom is -0.493 e. The zero-order valence-electron chi connectivity index (χ0n) is 13.4. The molecule has 0 bridgehead atoms. The van der Waals surface area contributed by atoms with E-state index in [1.165, 1.54) is 5.56 Å². The number of ether oxygens (including phenoxy) is 2. The van der Waals surface area contributed by atoms with Crippen molar-refractivity contribution < 1.29 is 14.6 Å². The maximum Gasteiger partial charge on any atom is 0.161 e. The molecule has 0 atom stereocenters. The predicted molar refractivity (Wildman–Crippen MR) is 86.0 cm³/mol. The zero-order chi connectivity index (χ0) is 15.3. The average molecular weight is 295 g/mol. The molecule has 120 valence electrons. The van der Waals surface area contributed by atoms with Crippen molar-refractivity contribution in [3.05, 3.63) is 23.8 Å². The zero-order valence-corrected chi connectivity index (χ0v) is 13.4. The van der Waals surface area contributed by atoms with E-state index in [-0.39, 0.29) is 6.61 Å². The first kappa shape index (κ1) is 17.8. The van der Waals surface area contributed by atoms with Gasteiger partial charge >= 0.3 is 0 Å². The van der Waals surface area contributed by atoms with E-state index in [1.54, 1.807) is 7.11 Å². The van der Waals surface area contributed by atoms with E-state index < -0.39 is 0 Å².